The molecular formula is C10H11BrO. The molecule has 0 saturated heterocycles. The Morgan fingerprint density at radius 1 is 1.58 bits per heavy atom. The predicted octanol–water partition coefficient (Wildman–Crippen LogP) is 2.97. The number of halogens is 1. The number of benzene rings is 1. The third-order valence-electron chi connectivity index (χ3n) is 1.71. The Balaban J connectivity index is 3.13. The summed E-state index contributed by atoms with van der Waals surface area (Å²) < 4.78 is 0.940. The van der Waals surface area contributed by atoms with Crippen molar-refractivity contribution < 1.29 is 5.11 Å². The van der Waals surface area contributed by atoms with Crippen LogP contribution in [0.2, 0.25) is 0 Å². The number of hydrogen-bond acceptors (Lipinski definition) is 1. The van der Waals surface area contributed by atoms with E-state index in [2.05, 4.69) is 22.5 Å². The lowest BCUT2D eigenvalue weighted by Crippen LogP contribution is -1.87. The number of hydrogen-bond donors (Lipinski definition) is 1. The van der Waals surface area contributed by atoms with Crippen molar-refractivity contribution >= 4 is 21.5 Å². The molecule has 0 aliphatic heterocycles. The van der Waals surface area contributed by atoms with Crippen LogP contribution in [0.3, 0.4) is 0 Å². The van der Waals surface area contributed by atoms with E-state index in [1.165, 1.54) is 0 Å². The summed E-state index contributed by atoms with van der Waals surface area (Å²) in [6.45, 7) is 5.84. The summed E-state index contributed by atoms with van der Waals surface area (Å²) in [5, 5.41) is 8.96. The van der Waals surface area contributed by atoms with Gasteiger partial charge in [-0.25, -0.2) is 0 Å². The SMILES string of the molecule is C=C(C)c1ccc(Br)c(CO)c1. The summed E-state index contributed by atoms with van der Waals surface area (Å²) in [7, 11) is 0. The summed E-state index contributed by atoms with van der Waals surface area (Å²) in [6, 6.07) is 5.84. The first-order valence-electron chi connectivity index (χ1n) is 3.70. The van der Waals surface area contributed by atoms with E-state index >= 15 is 0 Å². The molecule has 0 radical (unpaired) electrons. The minimum atomic E-state index is 0.0572. The van der Waals surface area contributed by atoms with Crippen molar-refractivity contribution in [3.8, 4) is 0 Å². The van der Waals surface area contributed by atoms with Crippen LogP contribution in [0.15, 0.2) is 29.3 Å². The van der Waals surface area contributed by atoms with Gasteiger partial charge in [0.1, 0.15) is 0 Å². The molecule has 0 saturated carbocycles. The van der Waals surface area contributed by atoms with Crippen LogP contribution >= 0.6 is 15.9 Å². The van der Waals surface area contributed by atoms with E-state index in [-0.39, 0.29) is 6.61 Å². The lowest BCUT2D eigenvalue weighted by atomic mass is 10.1. The highest BCUT2D eigenvalue weighted by atomic mass is 79.9. The second-order valence-electron chi connectivity index (χ2n) is 2.74. The van der Waals surface area contributed by atoms with E-state index in [0.717, 1.165) is 21.2 Å². The molecule has 0 heterocycles. The fourth-order valence-electron chi connectivity index (χ4n) is 0.961. The van der Waals surface area contributed by atoms with Crippen molar-refractivity contribution in [3.05, 3.63) is 40.4 Å². The van der Waals surface area contributed by atoms with Crippen LogP contribution in [0, 0.1) is 0 Å². The van der Waals surface area contributed by atoms with E-state index in [0.29, 0.717) is 0 Å². The Morgan fingerprint density at radius 2 is 2.25 bits per heavy atom. The van der Waals surface area contributed by atoms with Gasteiger partial charge in [-0.05, 0) is 30.2 Å². The molecule has 2 heteroatoms. The number of rotatable bonds is 2. The molecule has 0 fully saturated rings. The minimum Gasteiger partial charge on any atom is -0.392 e. The van der Waals surface area contributed by atoms with Crippen LogP contribution in [0.4, 0.5) is 0 Å². The second-order valence-corrected chi connectivity index (χ2v) is 3.60. The molecule has 0 aromatic heterocycles. The van der Waals surface area contributed by atoms with E-state index in [1.807, 2.05) is 25.1 Å². The quantitative estimate of drug-likeness (QED) is 0.823. The molecule has 0 amide bonds. The maximum absolute atomic E-state index is 8.96. The fraction of sp³-hybridized carbons (Fsp3) is 0.200. The highest BCUT2D eigenvalue weighted by molar-refractivity contribution is 9.10. The molecule has 1 nitrogen and oxygen atoms in total. The van der Waals surface area contributed by atoms with Gasteiger partial charge in [0, 0.05) is 4.47 Å². The zero-order valence-corrected chi connectivity index (χ0v) is 8.56. The lowest BCUT2D eigenvalue weighted by molar-refractivity contribution is 0.281. The van der Waals surface area contributed by atoms with Gasteiger partial charge in [0.2, 0.25) is 0 Å². The van der Waals surface area contributed by atoms with Gasteiger partial charge in [-0.15, -0.1) is 0 Å². The zero-order valence-electron chi connectivity index (χ0n) is 6.97. The van der Waals surface area contributed by atoms with Crippen LogP contribution < -0.4 is 0 Å². The first kappa shape index (κ1) is 9.49. The molecule has 0 aliphatic carbocycles. The largest absolute Gasteiger partial charge is 0.392 e. The summed E-state index contributed by atoms with van der Waals surface area (Å²) in [5.41, 5.74) is 2.98. The molecule has 1 aromatic rings. The predicted molar refractivity (Wildman–Crippen MR) is 54.8 cm³/mol. The normalized spacial score (nSPS) is 9.92. The van der Waals surface area contributed by atoms with Crippen molar-refractivity contribution in [1.29, 1.82) is 0 Å². The first-order chi connectivity index (χ1) is 5.65. The highest BCUT2D eigenvalue weighted by Crippen LogP contribution is 2.21. The summed E-state index contributed by atoms with van der Waals surface area (Å²) in [5.74, 6) is 0. The molecule has 0 bridgehead atoms. The average Bonchev–Trinajstić information content (AvgIpc) is 2.05. The topological polar surface area (TPSA) is 20.2 Å². The second kappa shape index (κ2) is 3.87. The number of aliphatic hydroxyl groups is 1. The molecule has 64 valence electrons. The summed E-state index contributed by atoms with van der Waals surface area (Å²) >= 11 is 3.35. The van der Waals surface area contributed by atoms with Gasteiger partial charge in [0.05, 0.1) is 6.61 Å². The molecule has 0 aliphatic rings. The van der Waals surface area contributed by atoms with Gasteiger partial charge in [-0.3, -0.25) is 0 Å². The van der Waals surface area contributed by atoms with Gasteiger partial charge >= 0.3 is 0 Å². The third-order valence-corrected chi connectivity index (χ3v) is 2.48. The van der Waals surface area contributed by atoms with Crippen LogP contribution in [-0.2, 0) is 6.61 Å². The number of allylic oxidation sites excluding steroid dienone is 1. The highest BCUT2D eigenvalue weighted by Gasteiger charge is 2.00. The minimum absolute atomic E-state index is 0.0572. The standard InChI is InChI=1S/C10H11BrO/c1-7(2)8-3-4-10(11)9(5-8)6-12/h3-5,12H,1,6H2,2H3. The number of aliphatic hydroxyl groups excluding tert-OH is 1. The maximum atomic E-state index is 8.96. The monoisotopic (exact) mass is 226 g/mol. The molecule has 0 spiro atoms. The van der Waals surface area contributed by atoms with Crippen LogP contribution in [0.25, 0.3) is 5.57 Å². The van der Waals surface area contributed by atoms with E-state index < -0.39 is 0 Å². The molecule has 1 aromatic carbocycles. The molecule has 0 atom stereocenters. The van der Waals surface area contributed by atoms with Crippen LogP contribution in [0.5, 0.6) is 0 Å². The van der Waals surface area contributed by atoms with E-state index in [4.69, 9.17) is 5.11 Å². The molecule has 1 N–H and O–H groups in total. The van der Waals surface area contributed by atoms with Crippen molar-refractivity contribution in [3.63, 3.8) is 0 Å². The summed E-state index contributed by atoms with van der Waals surface area (Å²) in [6.07, 6.45) is 0. The van der Waals surface area contributed by atoms with Gasteiger partial charge in [0.25, 0.3) is 0 Å². The van der Waals surface area contributed by atoms with Crippen molar-refractivity contribution in [2.24, 2.45) is 0 Å². The molecule has 12 heavy (non-hydrogen) atoms. The lowest BCUT2D eigenvalue weighted by Gasteiger charge is -2.04. The fourth-order valence-corrected chi connectivity index (χ4v) is 1.33. The van der Waals surface area contributed by atoms with Gasteiger partial charge in [-0.1, -0.05) is 34.1 Å². The van der Waals surface area contributed by atoms with Crippen molar-refractivity contribution in [1.82, 2.24) is 0 Å². The van der Waals surface area contributed by atoms with E-state index in [1.54, 1.807) is 0 Å². The molecule has 0 unspecified atom stereocenters. The smallest absolute Gasteiger partial charge is 0.0693 e. The van der Waals surface area contributed by atoms with Crippen molar-refractivity contribution in [2.75, 3.05) is 0 Å². The zero-order chi connectivity index (χ0) is 9.14. The molecular weight excluding hydrogens is 216 g/mol. The Labute approximate surface area is 80.9 Å². The van der Waals surface area contributed by atoms with Gasteiger partial charge in [0.15, 0.2) is 0 Å². The third kappa shape index (κ3) is 1.96. The maximum Gasteiger partial charge on any atom is 0.0693 e. The van der Waals surface area contributed by atoms with Crippen LogP contribution in [0.1, 0.15) is 18.1 Å². The Bertz CT molecular complexity index is 305. The van der Waals surface area contributed by atoms with Crippen LogP contribution in [-0.4, -0.2) is 5.11 Å². The first-order valence-corrected chi connectivity index (χ1v) is 4.49. The Morgan fingerprint density at radius 3 is 2.75 bits per heavy atom. The average molecular weight is 227 g/mol. The van der Waals surface area contributed by atoms with Gasteiger partial charge < -0.3 is 5.11 Å². The van der Waals surface area contributed by atoms with E-state index in [9.17, 15) is 0 Å². The molecule has 1 rings (SSSR count). The van der Waals surface area contributed by atoms with Crippen molar-refractivity contribution in [2.45, 2.75) is 13.5 Å². The van der Waals surface area contributed by atoms with Gasteiger partial charge in [-0.2, -0.15) is 0 Å². The Kier molecular flexibility index (Phi) is 3.06. The Hall–Kier alpha value is -0.600. The summed E-state index contributed by atoms with van der Waals surface area (Å²) in [4.78, 5) is 0.